The first-order chi connectivity index (χ1) is 17.4. The van der Waals surface area contributed by atoms with E-state index in [1.165, 1.54) is 44.5 Å². The van der Waals surface area contributed by atoms with Crippen LogP contribution in [0.4, 0.5) is 0 Å². The molecule has 0 fully saturated rings. The van der Waals surface area contributed by atoms with Crippen LogP contribution in [0.15, 0.2) is 36.4 Å². The summed E-state index contributed by atoms with van der Waals surface area (Å²) in [6.07, 6.45) is 4.74. The molecule has 3 aromatic rings. The second-order valence-corrected chi connectivity index (χ2v) is 9.63. The van der Waals surface area contributed by atoms with Crippen molar-refractivity contribution in [3.8, 4) is 28.0 Å². The lowest BCUT2D eigenvalue weighted by molar-refractivity contribution is 0.461. The van der Waals surface area contributed by atoms with Crippen LogP contribution < -0.4 is 22.9 Å². The Kier molecular flexibility index (Phi) is 10.1. The van der Waals surface area contributed by atoms with Gasteiger partial charge >= 0.3 is 0 Å². The summed E-state index contributed by atoms with van der Waals surface area (Å²) in [4.78, 5) is 0. The Labute approximate surface area is 216 Å². The predicted molar refractivity (Wildman–Crippen MR) is 154 cm³/mol. The molecule has 0 aliphatic rings. The van der Waals surface area contributed by atoms with E-state index >= 15 is 0 Å². The van der Waals surface area contributed by atoms with Crippen LogP contribution in [0, 0.1) is 6.92 Å². The average molecular weight is 489 g/mol. The maximum Gasteiger partial charge on any atom is 0.122 e. The quantitative estimate of drug-likeness (QED) is 0.262. The van der Waals surface area contributed by atoms with Crippen LogP contribution in [-0.4, -0.2) is 31.3 Å². The van der Waals surface area contributed by atoms with Crippen LogP contribution in [-0.2, 0) is 38.5 Å². The third-order valence-corrected chi connectivity index (χ3v) is 7.01. The smallest absolute Gasteiger partial charge is 0.122 e. The molecule has 0 bridgehead atoms. The second-order valence-electron chi connectivity index (χ2n) is 9.63. The molecule has 0 saturated heterocycles. The fourth-order valence-electron chi connectivity index (χ4n) is 5.45. The van der Waals surface area contributed by atoms with Crippen LogP contribution in [0.1, 0.15) is 52.8 Å². The number of hydrogen-bond acceptors (Lipinski definition) is 5. The van der Waals surface area contributed by atoms with Gasteiger partial charge in [-0.1, -0.05) is 43.7 Å². The van der Waals surface area contributed by atoms with E-state index in [1.807, 2.05) is 0 Å². The zero-order chi connectivity index (χ0) is 26.2. The minimum atomic E-state index is 0.333. The molecule has 0 aliphatic heterocycles. The van der Waals surface area contributed by atoms with Crippen LogP contribution in [0.25, 0.3) is 22.3 Å². The highest BCUT2D eigenvalue weighted by Crippen LogP contribution is 2.39. The monoisotopic (exact) mass is 488 g/mol. The standard InChI is InChI=1S/C31H44N4O/c1-4-21-16-27(30-23(6-10-32)14-20(3)15-24(30)7-11-33)17-22(5-2)29(21)28-18-25(8-12-34)31(36)26(19-28)9-13-35/h14-19,36H,4-13,32-35H2,1-3H3. The summed E-state index contributed by atoms with van der Waals surface area (Å²) in [5, 5.41) is 10.8. The summed E-state index contributed by atoms with van der Waals surface area (Å²) in [5.41, 5.74) is 36.9. The van der Waals surface area contributed by atoms with Gasteiger partial charge in [0.05, 0.1) is 0 Å². The summed E-state index contributed by atoms with van der Waals surface area (Å²) < 4.78 is 0. The molecule has 5 nitrogen and oxygen atoms in total. The predicted octanol–water partition coefficient (Wildman–Crippen LogP) is 4.16. The van der Waals surface area contributed by atoms with Gasteiger partial charge in [-0.05, 0) is 139 Å². The third kappa shape index (κ3) is 5.98. The minimum absolute atomic E-state index is 0.333. The zero-order valence-corrected chi connectivity index (χ0v) is 22.3. The number of rotatable bonds is 12. The highest BCUT2D eigenvalue weighted by molar-refractivity contribution is 5.81. The van der Waals surface area contributed by atoms with E-state index in [9.17, 15) is 5.11 Å². The molecule has 36 heavy (non-hydrogen) atoms. The molecule has 0 amide bonds. The maximum absolute atomic E-state index is 10.8. The van der Waals surface area contributed by atoms with E-state index in [4.69, 9.17) is 22.9 Å². The van der Waals surface area contributed by atoms with Gasteiger partial charge in [0, 0.05) is 0 Å². The molecule has 0 atom stereocenters. The molecule has 0 saturated carbocycles. The van der Waals surface area contributed by atoms with Gasteiger partial charge in [-0.25, -0.2) is 0 Å². The molecule has 0 aliphatic carbocycles. The number of benzene rings is 3. The van der Waals surface area contributed by atoms with Crippen molar-refractivity contribution in [3.05, 3.63) is 75.3 Å². The van der Waals surface area contributed by atoms with E-state index < -0.39 is 0 Å². The van der Waals surface area contributed by atoms with E-state index in [-0.39, 0.29) is 0 Å². The Balaban J connectivity index is 2.30. The number of phenolic OH excluding ortho intramolecular Hbond substituents is 1. The SMILES string of the molecule is CCc1cc(-c2c(CCN)cc(C)cc2CCN)cc(CC)c1-c1cc(CCN)c(O)c(CCN)c1. The molecule has 0 radical (unpaired) electrons. The van der Waals surface area contributed by atoms with Crippen molar-refractivity contribution in [2.24, 2.45) is 22.9 Å². The van der Waals surface area contributed by atoms with Gasteiger partial charge in [0.25, 0.3) is 0 Å². The van der Waals surface area contributed by atoms with Crippen molar-refractivity contribution in [1.82, 2.24) is 0 Å². The minimum Gasteiger partial charge on any atom is -0.507 e. The zero-order valence-electron chi connectivity index (χ0n) is 22.3. The summed E-state index contributed by atoms with van der Waals surface area (Å²) in [5.74, 6) is 0.333. The van der Waals surface area contributed by atoms with Gasteiger partial charge < -0.3 is 28.0 Å². The van der Waals surface area contributed by atoms with Crippen molar-refractivity contribution >= 4 is 0 Å². The van der Waals surface area contributed by atoms with Gasteiger partial charge in [0.15, 0.2) is 0 Å². The summed E-state index contributed by atoms with van der Waals surface area (Å²) in [7, 11) is 0. The lowest BCUT2D eigenvalue weighted by atomic mass is 9.83. The molecule has 0 unspecified atom stereocenters. The molecule has 5 heteroatoms. The Hall–Kier alpha value is -2.70. The van der Waals surface area contributed by atoms with Crippen LogP contribution >= 0.6 is 0 Å². The molecule has 0 aromatic heterocycles. The van der Waals surface area contributed by atoms with Crippen LogP contribution in [0.5, 0.6) is 5.75 Å². The largest absolute Gasteiger partial charge is 0.507 e. The topological polar surface area (TPSA) is 124 Å². The second kappa shape index (κ2) is 13.0. The Morgan fingerprint density at radius 1 is 0.528 bits per heavy atom. The molecular formula is C31H44N4O. The first kappa shape index (κ1) is 27.9. The molecule has 3 rings (SSSR count). The Morgan fingerprint density at radius 2 is 0.861 bits per heavy atom. The van der Waals surface area contributed by atoms with E-state index in [1.54, 1.807) is 0 Å². The number of phenols is 1. The summed E-state index contributed by atoms with van der Waals surface area (Å²) in [6.45, 7) is 8.76. The van der Waals surface area contributed by atoms with Gasteiger partial charge in [-0.15, -0.1) is 0 Å². The first-order valence-electron chi connectivity index (χ1n) is 13.4. The summed E-state index contributed by atoms with van der Waals surface area (Å²) in [6, 6.07) is 13.5. The molecule has 3 aromatic carbocycles. The highest BCUT2D eigenvalue weighted by atomic mass is 16.3. The first-order valence-corrected chi connectivity index (χ1v) is 13.4. The molecule has 9 N–H and O–H groups in total. The normalized spacial score (nSPS) is 11.3. The van der Waals surface area contributed by atoms with Crippen molar-refractivity contribution in [3.63, 3.8) is 0 Å². The van der Waals surface area contributed by atoms with Crippen molar-refractivity contribution in [1.29, 1.82) is 0 Å². The van der Waals surface area contributed by atoms with E-state index in [2.05, 4.69) is 57.2 Å². The fraction of sp³-hybridized carbons (Fsp3) is 0.419. The Bertz CT molecular complexity index is 1110. The third-order valence-electron chi connectivity index (χ3n) is 7.01. The number of aryl methyl sites for hydroxylation is 3. The van der Waals surface area contributed by atoms with Crippen molar-refractivity contribution < 1.29 is 5.11 Å². The van der Waals surface area contributed by atoms with Crippen molar-refractivity contribution in [2.75, 3.05) is 26.2 Å². The van der Waals surface area contributed by atoms with Crippen LogP contribution in [0.2, 0.25) is 0 Å². The Morgan fingerprint density at radius 3 is 1.22 bits per heavy atom. The average Bonchev–Trinajstić information content (AvgIpc) is 2.86. The van der Waals surface area contributed by atoms with Gasteiger partial charge in [-0.3, -0.25) is 0 Å². The van der Waals surface area contributed by atoms with E-state index in [0.717, 1.165) is 42.4 Å². The highest BCUT2D eigenvalue weighted by Gasteiger charge is 2.19. The molecular weight excluding hydrogens is 444 g/mol. The van der Waals surface area contributed by atoms with Gasteiger partial charge in [0.2, 0.25) is 0 Å². The molecule has 0 spiro atoms. The van der Waals surface area contributed by atoms with Gasteiger partial charge in [0.1, 0.15) is 5.75 Å². The van der Waals surface area contributed by atoms with Crippen LogP contribution in [0.3, 0.4) is 0 Å². The number of nitrogens with two attached hydrogens (primary N) is 4. The summed E-state index contributed by atoms with van der Waals surface area (Å²) >= 11 is 0. The molecule has 0 heterocycles. The lowest BCUT2D eigenvalue weighted by Crippen LogP contribution is -2.10. The van der Waals surface area contributed by atoms with E-state index in [0.29, 0.717) is 44.8 Å². The number of hydrogen-bond donors (Lipinski definition) is 5. The molecule has 194 valence electrons. The lowest BCUT2D eigenvalue weighted by Gasteiger charge is -2.22. The fourth-order valence-corrected chi connectivity index (χ4v) is 5.45. The van der Waals surface area contributed by atoms with Gasteiger partial charge in [-0.2, -0.15) is 0 Å². The van der Waals surface area contributed by atoms with Crippen molar-refractivity contribution in [2.45, 2.75) is 59.3 Å². The number of aromatic hydroxyl groups is 1. The maximum atomic E-state index is 10.8.